The van der Waals surface area contributed by atoms with Crippen LogP contribution in [0.2, 0.25) is 0 Å². The summed E-state index contributed by atoms with van der Waals surface area (Å²) >= 11 is 0. The second kappa shape index (κ2) is 2.54. The van der Waals surface area contributed by atoms with Crippen LogP contribution in [0.1, 0.15) is 39.5 Å². The molecule has 3 nitrogen and oxygen atoms in total. The maximum absolute atomic E-state index is 9.05. The van der Waals surface area contributed by atoms with E-state index in [1.165, 1.54) is 19.3 Å². The van der Waals surface area contributed by atoms with Gasteiger partial charge in [0, 0.05) is 5.41 Å². The van der Waals surface area contributed by atoms with E-state index in [2.05, 4.69) is 30.1 Å². The van der Waals surface area contributed by atoms with E-state index in [0.29, 0.717) is 5.92 Å². The third-order valence-corrected chi connectivity index (χ3v) is 3.92. The predicted molar refractivity (Wildman–Crippen MR) is 48.9 cm³/mol. The first kappa shape index (κ1) is 8.68. The van der Waals surface area contributed by atoms with Crippen LogP contribution in [-0.4, -0.2) is 5.66 Å². The van der Waals surface area contributed by atoms with E-state index in [0.717, 1.165) is 6.42 Å². The molecular formula is C10H15N3. The number of hydrogen-bond acceptors (Lipinski definition) is 3. The van der Waals surface area contributed by atoms with E-state index in [-0.39, 0.29) is 5.41 Å². The lowest BCUT2D eigenvalue weighted by molar-refractivity contribution is 0.0961. The molecule has 0 bridgehead atoms. The zero-order valence-electron chi connectivity index (χ0n) is 8.25. The van der Waals surface area contributed by atoms with Crippen molar-refractivity contribution in [1.82, 2.24) is 0 Å². The van der Waals surface area contributed by atoms with Crippen LogP contribution in [0, 0.1) is 22.7 Å². The van der Waals surface area contributed by atoms with Gasteiger partial charge in [-0.1, -0.05) is 26.7 Å². The molecule has 0 spiro atoms. The van der Waals surface area contributed by atoms with Crippen molar-refractivity contribution in [2.75, 3.05) is 0 Å². The largest absolute Gasteiger partial charge is 0.280 e. The molecule has 0 N–H and O–H groups in total. The average Bonchev–Trinajstić information content (AvgIpc) is 2.91. The summed E-state index contributed by atoms with van der Waals surface area (Å²) in [5, 5.41) is 17.0. The van der Waals surface area contributed by atoms with E-state index in [9.17, 15) is 0 Å². The lowest BCUT2D eigenvalue weighted by Crippen LogP contribution is -2.42. The molecule has 3 heteroatoms. The fraction of sp³-hybridized carbons (Fsp3) is 0.900. The van der Waals surface area contributed by atoms with Gasteiger partial charge in [-0.15, -0.1) is 10.2 Å². The smallest absolute Gasteiger partial charge is 0.193 e. The summed E-state index contributed by atoms with van der Waals surface area (Å²) < 4.78 is 0. The van der Waals surface area contributed by atoms with Gasteiger partial charge in [-0.05, 0) is 18.8 Å². The third-order valence-electron chi connectivity index (χ3n) is 3.92. The van der Waals surface area contributed by atoms with Crippen LogP contribution in [0.3, 0.4) is 0 Å². The van der Waals surface area contributed by atoms with E-state index in [1.54, 1.807) is 0 Å². The molecule has 0 radical (unpaired) electrons. The molecule has 70 valence electrons. The zero-order chi connectivity index (χ0) is 9.53. The second-order valence-corrected chi connectivity index (χ2v) is 4.55. The van der Waals surface area contributed by atoms with Crippen molar-refractivity contribution in [1.29, 1.82) is 5.26 Å². The Balaban J connectivity index is 2.23. The fourth-order valence-corrected chi connectivity index (χ4v) is 2.48. The molecule has 0 aromatic carbocycles. The first-order chi connectivity index (χ1) is 6.15. The van der Waals surface area contributed by atoms with Crippen LogP contribution in [0.25, 0.3) is 0 Å². The minimum absolute atomic E-state index is 0. The van der Waals surface area contributed by atoms with Crippen molar-refractivity contribution in [3.8, 4) is 6.07 Å². The van der Waals surface area contributed by atoms with E-state index in [4.69, 9.17) is 5.26 Å². The summed E-state index contributed by atoms with van der Waals surface area (Å²) in [6.45, 7) is 4.39. The molecule has 13 heavy (non-hydrogen) atoms. The quantitative estimate of drug-likeness (QED) is 0.607. The molecule has 1 saturated carbocycles. The van der Waals surface area contributed by atoms with Gasteiger partial charge in [-0.2, -0.15) is 5.26 Å². The summed E-state index contributed by atoms with van der Waals surface area (Å²) in [5.41, 5.74) is -0.674. The second-order valence-electron chi connectivity index (χ2n) is 4.55. The highest BCUT2D eigenvalue weighted by Gasteiger charge is 2.59. The molecule has 0 aromatic heterocycles. The molecule has 1 aliphatic carbocycles. The molecule has 2 rings (SSSR count). The molecule has 0 amide bonds. The SMILES string of the molecule is CC1CCCCC1(C)C1(C#N)N=N1. The van der Waals surface area contributed by atoms with Gasteiger partial charge < -0.3 is 0 Å². The fourth-order valence-electron chi connectivity index (χ4n) is 2.48. The van der Waals surface area contributed by atoms with Crippen molar-refractivity contribution in [2.24, 2.45) is 21.6 Å². The third kappa shape index (κ3) is 1.01. The highest BCUT2D eigenvalue weighted by atomic mass is 15.5. The van der Waals surface area contributed by atoms with Crippen LogP contribution in [0.15, 0.2) is 10.2 Å². The Labute approximate surface area is 78.9 Å². The molecule has 2 atom stereocenters. The maximum atomic E-state index is 9.05. The number of hydrogen-bond donors (Lipinski definition) is 0. The first-order valence-electron chi connectivity index (χ1n) is 5.00. The van der Waals surface area contributed by atoms with Gasteiger partial charge >= 0.3 is 0 Å². The molecule has 0 saturated heterocycles. The van der Waals surface area contributed by atoms with Gasteiger partial charge in [0.15, 0.2) is 0 Å². The van der Waals surface area contributed by atoms with Crippen molar-refractivity contribution >= 4 is 0 Å². The van der Waals surface area contributed by atoms with E-state index < -0.39 is 5.66 Å². The first-order valence-corrected chi connectivity index (χ1v) is 5.00. The number of nitrogens with zero attached hydrogens (tertiary/aromatic N) is 3. The van der Waals surface area contributed by atoms with Crippen LogP contribution in [0.5, 0.6) is 0 Å². The summed E-state index contributed by atoms with van der Waals surface area (Å²) in [7, 11) is 0. The average molecular weight is 177 g/mol. The summed E-state index contributed by atoms with van der Waals surface area (Å²) in [4.78, 5) is 0. The molecule has 1 aliphatic heterocycles. The van der Waals surface area contributed by atoms with Crippen LogP contribution in [-0.2, 0) is 0 Å². The molecule has 0 aromatic rings. The zero-order valence-corrected chi connectivity index (χ0v) is 8.25. The van der Waals surface area contributed by atoms with E-state index >= 15 is 0 Å². The Morgan fingerprint density at radius 1 is 1.38 bits per heavy atom. The normalized spacial score (nSPS) is 41.2. The summed E-state index contributed by atoms with van der Waals surface area (Å²) in [6, 6.07) is 2.26. The van der Waals surface area contributed by atoms with Crippen molar-refractivity contribution in [3.63, 3.8) is 0 Å². The molecule has 1 heterocycles. The molecule has 1 fully saturated rings. The Kier molecular flexibility index (Phi) is 1.69. The summed E-state index contributed by atoms with van der Waals surface area (Å²) in [6.07, 6.45) is 4.81. The lowest BCUT2D eigenvalue weighted by Gasteiger charge is -2.40. The van der Waals surface area contributed by atoms with Gasteiger partial charge in [-0.3, -0.25) is 0 Å². The van der Waals surface area contributed by atoms with E-state index in [1.807, 2.05) is 0 Å². The topological polar surface area (TPSA) is 48.5 Å². The highest BCUT2D eigenvalue weighted by Crippen LogP contribution is 2.55. The molecule has 2 unspecified atom stereocenters. The Hall–Kier alpha value is -0.910. The number of rotatable bonds is 1. The Morgan fingerprint density at radius 3 is 2.54 bits per heavy atom. The van der Waals surface area contributed by atoms with Gasteiger partial charge in [0.25, 0.3) is 5.66 Å². The summed E-state index contributed by atoms with van der Waals surface area (Å²) in [5.74, 6) is 0.566. The number of nitriles is 1. The van der Waals surface area contributed by atoms with Gasteiger partial charge in [0.1, 0.15) is 6.07 Å². The lowest BCUT2D eigenvalue weighted by atomic mass is 9.63. The monoisotopic (exact) mass is 177 g/mol. The van der Waals surface area contributed by atoms with Crippen LogP contribution < -0.4 is 0 Å². The Morgan fingerprint density at radius 2 is 2.08 bits per heavy atom. The van der Waals surface area contributed by atoms with Gasteiger partial charge in [0.2, 0.25) is 0 Å². The molecular weight excluding hydrogens is 162 g/mol. The minimum Gasteiger partial charge on any atom is -0.193 e. The molecule has 2 aliphatic rings. The van der Waals surface area contributed by atoms with Crippen molar-refractivity contribution in [2.45, 2.75) is 45.2 Å². The van der Waals surface area contributed by atoms with Gasteiger partial charge in [0.05, 0.1) is 0 Å². The predicted octanol–water partition coefficient (Wildman–Crippen LogP) is 2.89. The van der Waals surface area contributed by atoms with Crippen molar-refractivity contribution in [3.05, 3.63) is 0 Å². The standard InChI is InChI=1S/C10H15N3/c1-8-5-3-4-6-9(8,2)10(7-11)12-13-10/h8H,3-6H2,1-2H3. The van der Waals surface area contributed by atoms with Gasteiger partial charge in [-0.25, -0.2) is 0 Å². The highest BCUT2D eigenvalue weighted by molar-refractivity contribution is 5.22. The van der Waals surface area contributed by atoms with Crippen molar-refractivity contribution < 1.29 is 0 Å². The van der Waals surface area contributed by atoms with Crippen LogP contribution >= 0.6 is 0 Å². The Bertz CT molecular complexity index is 283. The van der Waals surface area contributed by atoms with Crippen LogP contribution in [0.4, 0.5) is 0 Å². The minimum atomic E-state index is -0.674. The maximum Gasteiger partial charge on any atom is 0.280 e.